The van der Waals surface area contributed by atoms with Gasteiger partial charge in [0, 0.05) is 46.2 Å². The first-order chi connectivity index (χ1) is 25.3. The monoisotopic (exact) mass is 678 g/mol. The lowest BCUT2D eigenvalue weighted by Crippen LogP contribution is -2.09. The molecular formula is C37H34N12O2. The van der Waals surface area contributed by atoms with Gasteiger partial charge < -0.3 is 9.47 Å². The Kier molecular flexibility index (Phi) is 7.17. The Morgan fingerprint density at radius 3 is 1.82 bits per heavy atom. The van der Waals surface area contributed by atoms with Crippen LogP contribution in [0.5, 0.6) is 11.5 Å². The Labute approximate surface area is 292 Å². The number of H-pyrrole nitrogens is 3. The van der Waals surface area contributed by atoms with Crippen LogP contribution in [0.25, 0.3) is 23.0 Å². The number of benzene rings is 3. The highest BCUT2D eigenvalue weighted by atomic mass is 16.5. The van der Waals surface area contributed by atoms with Gasteiger partial charge in [0.05, 0.1) is 19.8 Å². The SMILES string of the molecule is c1ccc(Cn2nc(-c3nn[nH]n3)c3c2[C@@H]2[C@@H](COc4ccccc4)[C@@H]2C3)cc1.c1ccc(OC[C@H]2[C@@H]3Cc4c(-c5nn[nH]n5)n[nH]c4[C@H]23)cc1. The number of aromatic amines is 3. The van der Waals surface area contributed by atoms with E-state index < -0.39 is 0 Å². The standard InChI is InChI=1S/C22H20N6O.C15H14N6O/c1-3-7-14(8-4-1)12-28-21-17(20(25-28)22-23-26-27-24-22)11-16-18(19(16)21)13-29-15-9-5-2-6-10-15;1-2-4-8(5-3-1)22-7-11-9-6-10-13(12(9)11)16-17-14(10)15-18-20-21-19-15/h1-10,16,18-19H,11-13H2,(H,23,24,26,27);1-5,9,11-12H,6-7H2,(H,16,17)(H,18,19,20,21)/t16-,18-,19-;9-,11-,12-/m00/s1. The molecule has 254 valence electrons. The van der Waals surface area contributed by atoms with Crippen molar-refractivity contribution in [3.05, 3.63) is 119 Å². The molecule has 51 heavy (non-hydrogen) atoms. The van der Waals surface area contributed by atoms with Gasteiger partial charge in [-0.05, 0) is 64.9 Å². The van der Waals surface area contributed by atoms with E-state index in [1.54, 1.807) is 0 Å². The van der Waals surface area contributed by atoms with E-state index in [1.807, 2.05) is 66.7 Å². The van der Waals surface area contributed by atoms with Crippen LogP contribution >= 0.6 is 0 Å². The lowest BCUT2D eigenvalue weighted by molar-refractivity contribution is 0.287. The number of aromatic nitrogens is 12. The minimum absolute atomic E-state index is 0.491. The number of fused-ring (bicyclic) bond motifs is 6. The minimum atomic E-state index is 0.491. The van der Waals surface area contributed by atoms with Crippen molar-refractivity contribution in [1.82, 2.24) is 61.2 Å². The molecule has 11 rings (SSSR count). The summed E-state index contributed by atoms with van der Waals surface area (Å²) < 4.78 is 14.1. The fourth-order valence-electron chi connectivity index (χ4n) is 8.34. The second-order valence-electron chi connectivity index (χ2n) is 13.7. The quantitative estimate of drug-likeness (QED) is 0.185. The van der Waals surface area contributed by atoms with Crippen LogP contribution in [-0.2, 0) is 19.4 Å². The normalized spacial score (nSPS) is 23.0. The summed E-state index contributed by atoms with van der Waals surface area (Å²) in [7, 11) is 0. The van der Waals surface area contributed by atoms with Crippen molar-refractivity contribution in [3.8, 4) is 34.5 Å². The minimum Gasteiger partial charge on any atom is -0.493 e. The van der Waals surface area contributed by atoms with E-state index in [2.05, 4.69) is 80.4 Å². The molecule has 3 N–H and O–H groups in total. The van der Waals surface area contributed by atoms with Crippen LogP contribution in [0, 0.1) is 23.7 Å². The van der Waals surface area contributed by atoms with E-state index in [9.17, 15) is 0 Å². The van der Waals surface area contributed by atoms with E-state index in [0.717, 1.165) is 55.5 Å². The molecule has 3 aromatic carbocycles. The Morgan fingerprint density at radius 2 is 1.20 bits per heavy atom. The molecule has 4 aromatic heterocycles. The zero-order chi connectivity index (χ0) is 33.7. The Balaban J connectivity index is 0.000000133. The zero-order valence-electron chi connectivity index (χ0n) is 27.5. The van der Waals surface area contributed by atoms with Gasteiger partial charge in [0.1, 0.15) is 22.9 Å². The van der Waals surface area contributed by atoms with Gasteiger partial charge in [-0.15, -0.1) is 20.4 Å². The van der Waals surface area contributed by atoms with Gasteiger partial charge in [-0.3, -0.25) is 9.78 Å². The third-order valence-corrected chi connectivity index (χ3v) is 10.8. The van der Waals surface area contributed by atoms with Gasteiger partial charge in [-0.2, -0.15) is 20.6 Å². The molecule has 7 aromatic rings. The first-order valence-electron chi connectivity index (χ1n) is 17.3. The molecule has 0 spiro atoms. The molecule has 0 bridgehead atoms. The van der Waals surface area contributed by atoms with E-state index in [4.69, 9.17) is 14.6 Å². The molecule has 4 aliphatic rings. The molecule has 6 atom stereocenters. The molecule has 4 heterocycles. The van der Waals surface area contributed by atoms with Crippen molar-refractivity contribution < 1.29 is 9.47 Å². The predicted octanol–water partition coefficient (Wildman–Crippen LogP) is 4.63. The van der Waals surface area contributed by atoms with E-state index in [-0.39, 0.29) is 0 Å². The molecule has 0 radical (unpaired) electrons. The summed E-state index contributed by atoms with van der Waals surface area (Å²) in [4.78, 5) is 0. The van der Waals surface area contributed by atoms with Gasteiger partial charge in [0.2, 0.25) is 11.6 Å². The van der Waals surface area contributed by atoms with Gasteiger partial charge in [-0.25, -0.2) is 0 Å². The summed E-state index contributed by atoms with van der Waals surface area (Å²) >= 11 is 0. The molecule has 14 nitrogen and oxygen atoms in total. The highest BCUT2D eigenvalue weighted by Crippen LogP contribution is 2.63. The highest BCUT2D eigenvalue weighted by Gasteiger charge is 2.59. The highest BCUT2D eigenvalue weighted by molar-refractivity contribution is 5.61. The van der Waals surface area contributed by atoms with Crippen LogP contribution < -0.4 is 9.47 Å². The van der Waals surface area contributed by atoms with Crippen molar-refractivity contribution in [2.45, 2.75) is 31.2 Å². The Morgan fingerprint density at radius 1 is 0.627 bits per heavy atom. The van der Waals surface area contributed by atoms with Crippen LogP contribution in [-0.4, -0.2) is 74.4 Å². The van der Waals surface area contributed by atoms with Crippen LogP contribution in [0.2, 0.25) is 0 Å². The third kappa shape index (κ3) is 5.43. The fraction of sp³-hybridized carbons (Fsp3) is 0.297. The first kappa shape index (κ1) is 29.7. The van der Waals surface area contributed by atoms with Crippen LogP contribution in [0.4, 0.5) is 0 Å². The number of hydrogen-bond acceptors (Lipinski definition) is 10. The van der Waals surface area contributed by atoms with E-state index in [1.165, 1.54) is 28.1 Å². The molecule has 0 saturated heterocycles. The molecular weight excluding hydrogens is 644 g/mol. The lowest BCUT2D eigenvalue weighted by Gasteiger charge is -2.10. The first-order valence-corrected chi connectivity index (χ1v) is 17.3. The lowest BCUT2D eigenvalue weighted by atomic mass is 10.1. The Hall–Kier alpha value is -6.18. The van der Waals surface area contributed by atoms with Crippen LogP contribution in [0.15, 0.2) is 91.0 Å². The van der Waals surface area contributed by atoms with Gasteiger partial charge in [-0.1, -0.05) is 66.7 Å². The molecule has 0 unspecified atom stereocenters. The maximum absolute atomic E-state index is 6.05. The molecule has 4 aliphatic carbocycles. The third-order valence-electron chi connectivity index (χ3n) is 10.8. The molecule has 14 heteroatoms. The number of para-hydroxylation sites is 2. The average Bonchev–Trinajstić information content (AvgIpc) is 3.74. The summed E-state index contributed by atoms with van der Waals surface area (Å²) in [5.74, 6) is 6.41. The van der Waals surface area contributed by atoms with Gasteiger partial charge in [0.15, 0.2) is 0 Å². The number of tetrazole rings is 2. The Bertz CT molecular complexity index is 2240. The van der Waals surface area contributed by atoms with E-state index in [0.29, 0.717) is 47.2 Å². The summed E-state index contributed by atoms with van der Waals surface area (Å²) in [5.41, 5.74) is 7.99. The number of ether oxygens (including phenoxy) is 2. The summed E-state index contributed by atoms with van der Waals surface area (Å²) in [5, 5.41) is 41.1. The smallest absolute Gasteiger partial charge is 0.225 e. The number of rotatable bonds is 10. The summed E-state index contributed by atoms with van der Waals surface area (Å²) in [6, 6.07) is 30.5. The fourth-order valence-corrected chi connectivity index (χ4v) is 8.34. The second-order valence-corrected chi connectivity index (χ2v) is 13.7. The largest absolute Gasteiger partial charge is 0.493 e. The van der Waals surface area contributed by atoms with Gasteiger partial charge in [0.25, 0.3) is 0 Å². The van der Waals surface area contributed by atoms with Crippen LogP contribution in [0.1, 0.15) is 39.9 Å². The topological polar surface area (TPSA) is 174 Å². The van der Waals surface area contributed by atoms with Gasteiger partial charge >= 0.3 is 0 Å². The number of hydrogen-bond donors (Lipinski definition) is 3. The molecule has 0 aliphatic heterocycles. The van der Waals surface area contributed by atoms with Crippen molar-refractivity contribution in [2.75, 3.05) is 13.2 Å². The summed E-state index contributed by atoms with van der Waals surface area (Å²) in [6.45, 7) is 2.25. The maximum atomic E-state index is 6.05. The van der Waals surface area contributed by atoms with Crippen molar-refractivity contribution in [3.63, 3.8) is 0 Å². The van der Waals surface area contributed by atoms with Crippen molar-refractivity contribution in [2.24, 2.45) is 23.7 Å². The number of nitrogens with zero attached hydrogens (tertiary/aromatic N) is 9. The summed E-state index contributed by atoms with van der Waals surface area (Å²) in [6.07, 6.45) is 2.02. The van der Waals surface area contributed by atoms with E-state index >= 15 is 0 Å². The number of nitrogens with one attached hydrogen (secondary N) is 3. The average molecular weight is 679 g/mol. The second kappa shape index (κ2) is 12.3. The maximum Gasteiger partial charge on any atom is 0.225 e. The van der Waals surface area contributed by atoms with Crippen molar-refractivity contribution in [1.29, 1.82) is 0 Å². The zero-order valence-corrected chi connectivity index (χ0v) is 27.5. The van der Waals surface area contributed by atoms with Crippen LogP contribution in [0.3, 0.4) is 0 Å². The predicted molar refractivity (Wildman–Crippen MR) is 183 cm³/mol. The molecule has 2 fully saturated rings. The molecule has 0 amide bonds. The van der Waals surface area contributed by atoms with Crippen molar-refractivity contribution >= 4 is 0 Å². The molecule has 2 saturated carbocycles.